The molecule has 5 nitrogen and oxygen atoms in total. The molecular formula is C22H22ClF3N2O3. The zero-order valence-electron chi connectivity index (χ0n) is 16.8. The highest BCUT2D eigenvalue weighted by Crippen LogP contribution is 2.38. The highest BCUT2D eigenvalue weighted by Gasteiger charge is 2.30. The number of ether oxygens (including phenoxy) is 2. The first kappa shape index (κ1) is 21.8. The quantitative estimate of drug-likeness (QED) is 0.686. The third-order valence-corrected chi connectivity index (χ3v) is 5.68. The average Bonchev–Trinajstić information content (AvgIpc) is 2.99. The van der Waals surface area contributed by atoms with E-state index in [4.69, 9.17) is 21.1 Å². The van der Waals surface area contributed by atoms with E-state index in [-0.39, 0.29) is 5.91 Å². The van der Waals surface area contributed by atoms with Gasteiger partial charge in [0.2, 0.25) is 0 Å². The zero-order valence-corrected chi connectivity index (χ0v) is 17.5. The van der Waals surface area contributed by atoms with Crippen LogP contribution >= 0.6 is 11.6 Å². The van der Waals surface area contributed by atoms with E-state index >= 15 is 0 Å². The van der Waals surface area contributed by atoms with E-state index < -0.39 is 11.7 Å². The van der Waals surface area contributed by atoms with Gasteiger partial charge in [-0.05, 0) is 29.8 Å². The molecule has 0 atom stereocenters. The molecule has 1 saturated heterocycles. The summed E-state index contributed by atoms with van der Waals surface area (Å²) in [5, 5.41) is 0.351. The summed E-state index contributed by atoms with van der Waals surface area (Å²) < 4.78 is 49.4. The van der Waals surface area contributed by atoms with Crippen LogP contribution in [-0.2, 0) is 12.7 Å². The Bertz CT molecular complexity index is 942. The minimum Gasteiger partial charge on any atom is -0.489 e. The lowest BCUT2D eigenvalue weighted by Crippen LogP contribution is -2.48. The average molecular weight is 455 g/mol. The second-order valence-corrected chi connectivity index (χ2v) is 8.01. The Balaban J connectivity index is 1.36. The van der Waals surface area contributed by atoms with Crippen LogP contribution in [0.3, 0.4) is 0 Å². The highest BCUT2D eigenvalue weighted by atomic mass is 35.5. The first-order chi connectivity index (χ1) is 14.8. The van der Waals surface area contributed by atoms with Crippen molar-refractivity contribution < 1.29 is 27.4 Å². The minimum atomic E-state index is -4.33. The molecule has 0 saturated carbocycles. The topological polar surface area (TPSA) is 42.0 Å². The third kappa shape index (κ3) is 5.07. The molecule has 0 aromatic heterocycles. The number of amides is 1. The van der Waals surface area contributed by atoms with Gasteiger partial charge >= 0.3 is 6.18 Å². The number of carbonyl (C=O) groups is 1. The van der Waals surface area contributed by atoms with E-state index in [1.807, 2.05) is 0 Å². The van der Waals surface area contributed by atoms with E-state index in [2.05, 4.69) is 4.90 Å². The van der Waals surface area contributed by atoms with Gasteiger partial charge in [-0.15, -0.1) is 0 Å². The Hall–Kier alpha value is -2.45. The van der Waals surface area contributed by atoms with Crippen LogP contribution in [0.15, 0.2) is 36.4 Å². The van der Waals surface area contributed by atoms with Crippen molar-refractivity contribution in [2.75, 3.05) is 39.4 Å². The number of alkyl halides is 3. The molecule has 9 heteroatoms. The van der Waals surface area contributed by atoms with Crippen molar-refractivity contribution in [1.29, 1.82) is 0 Å². The molecule has 31 heavy (non-hydrogen) atoms. The normalized spacial score (nSPS) is 17.4. The Kier molecular flexibility index (Phi) is 6.29. The van der Waals surface area contributed by atoms with Crippen molar-refractivity contribution in [3.05, 3.63) is 58.1 Å². The zero-order chi connectivity index (χ0) is 22.0. The van der Waals surface area contributed by atoms with E-state index in [0.717, 1.165) is 24.1 Å². The van der Waals surface area contributed by atoms with Gasteiger partial charge in [0, 0.05) is 44.7 Å². The van der Waals surface area contributed by atoms with E-state index in [1.165, 1.54) is 12.1 Å². The van der Waals surface area contributed by atoms with Crippen molar-refractivity contribution in [2.45, 2.75) is 19.1 Å². The van der Waals surface area contributed by atoms with Gasteiger partial charge < -0.3 is 14.4 Å². The van der Waals surface area contributed by atoms with Gasteiger partial charge in [0.05, 0.1) is 23.8 Å². The molecule has 2 aliphatic rings. The van der Waals surface area contributed by atoms with Gasteiger partial charge in [0.15, 0.2) is 11.5 Å². The predicted molar refractivity (Wildman–Crippen MR) is 110 cm³/mol. The minimum absolute atomic E-state index is 0.133. The van der Waals surface area contributed by atoms with Crippen molar-refractivity contribution in [2.24, 2.45) is 0 Å². The van der Waals surface area contributed by atoms with Gasteiger partial charge in [-0.25, -0.2) is 0 Å². The first-order valence-electron chi connectivity index (χ1n) is 10.1. The maximum atomic E-state index is 13.0. The number of halogens is 4. The number of hydrogen-bond acceptors (Lipinski definition) is 4. The van der Waals surface area contributed by atoms with Crippen molar-refractivity contribution in [1.82, 2.24) is 9.80 Å². The number of nitrogens with zero attached hydrogens (tertiary/aromatic N) is 2. The van der Waals surface area contributed by atoms with Crippen molar-refractivity contribution >= 4 is 17.5 Å². The molecule has 4 rings (SSSR count). The summed E-state index contributed by atoms with van der Waals surface area (Å²) in [6.07, 6.45) is -3.59. The molecule has 0 N–H and O–H groups in total. The number of piperazine rings is 1. The summed E-state index contributed by atoms with van der Waals surface area (Å²) in [4.78, 5) is 16.8. The predicted octanol–water partition coefficient (Wildman–Crippen LogP) is 4.48. The van der Waals surface area contributed by atoms with E-state index in [0.29, 0.717) is 68.0 Å². The van der Waals surface area contributed by atoms with E-state index in [1.54, 1.807) is 17.0 Å². The molecule has 0 radical (unpaired) electrons. The number of benzene rings is 2. The maximum absolute atomic E-state index is 13.0. The fourth-order valence-corrected chi connectivity index (χ4v) is 3.97. The number of rotatable bonds is 3. The van der Waals surface area contributed by atoms with Gasteiger partial charge in [0.25, 0.3) is 5.91 Å². The summed E-state index contributed by atoms with van der Waals surface area (Å²) in [5.74, 6) is 0.818. The van der Waals surface area contributed by atoms with Gasteiger partial charge in [-0.1, -0.05) is 23.7 Å². The molecule has 2 aliphatic heterocycles. The van der Waals surface area contributed by atoms with E-state index in [9.17, 15) is 18.0 Å². The molecule has 0 spiro atoms. The Morgan fingerprint density at radius 1 is 1.00 bits per heavy atom. The van der Waals surface area contributed by atoms with Crippen LogP contribution in [-0.4, -0.2) is 55.1 Å². The van der Waals surface area contributed by atoms with Gasteiger partial charge in [-0.2, -0.15) is 13.2 Å². The molecule has 166 valence electrons. The number of hydrogen-bond donors (Lipinski definition) is 0. The lowest BCUT2D eigenvalue weighted by molar-refractivity contribution is -0.137. The highest BCUT2D eigenvalue weighted by molar-refractivity contribution is 6.32. The van der Waals surface area contributed by atoms with Crippen LogP contribution in [0, 0.1) is 0 Å². The van der Waals surface area contributed by atoms with Crippen LogP contribution in [0.1, 0.15) is 27.9 Å². The fourth-order valence-electron chi connectivity index (χ4n) is 3.70. The van der Waals surface area contributed by atoms with Crippen LogP contribution in [0.4, 0.5) is 13.2 Å². The standard InChI is InChI=1S/C22H22ClF3N2O3/c23-18-12-16(13-19-20(18)31-11-1-10-30-19)21(29)28-8-6-27(7-9-28)14-15-2-4-17(5-3-15)22(24,25)26/h2-5,12-13H,1,6-11,14H2. The molecule has 0 unspecified atom stereocenters. The molecule has 2 aromatic carbocycles. The molecule has 0 aliphatic carbocycles. The second kappa shape index (κ2) is 8.96. The molecule has 1 fully saturated rings. The van der Waals surface area contributed by atoms with Gasteiger partial charge in [0.1, 0.15) is 0 Å². The second-order valence-electron chi connectivity index (χ2n) is 7.60. The molecule has 2 heterocycles. The third-order valence-electron chi connectivity index (χ3n) is 5.40. The smallest absolute Gasteiger partial charge is 0.416 e. The lowest BCUT2D eigenvalue weighted by Gasteiger charge is -2.35. The summed E-state index contributed by atoms with van der Waals surface area (Å²) in [6.45, 7) is 3.85. The Labute approximate surface area is 183 Å². The molecule has 0 bridgehead atoms. The Morgan fingerprint density at radius 2 is 1.68 bits per heavy atom. The van der Waals surface area contributed by atoms with Crippen LogP contribution in [0.5, 0.6) is 11.5 Å². The molecule has 1 amide bonds. The van der Waals surface area contributed by atoms with Crippen LogP contribution < -0.4 is 9.47 Å². The van der Waals surface area contributed by atoms with Gasteiger partial charge in [-0.3, -0.25) is 9.69 Å². The summed E-state index contributed by atoms with van der Waals surface area (Å²) in [6, 6.07) is 8.47. The fraction of sp³-hybridized carbons (Fsp3) is 0.409. The SMILES string of the molecule is O=C(c1cc(Cl)c2c(c1)OCCCO2)N1CCN(Cc2ccc(C(F)(F)F)cc2)CC1. The molecule has 2 aromatic rings. The number of fused-ring (bicyclic) bond motifs is 1. The van der Waals surface area contributed by atoms with Crippen LogP contribution in [0.25, 0.3) is 0 Å². The molecular weight excluding hydrogens is 433 g/mol. The maximum Gasteiger partial charge on any atom is 0.416 e. The van der Waals surface area contributed by atoms with Crippen molar-refractivity contribution in [3.8, 4) is 11.5 Å². The lowest BCUT2D eigenvalue weighted by atomic mass is 10.1. The summed E-state index contributed by atoms with van der Waals surface area (Å²) in [5.41, 5.74) is 0.605. The van der Waals surface area contributed by atoms with Crippen LogP contribution in [0.2, 0.25) is 5.02 Å². The summed E-state index contributed by atoms with van der Waals surface area (Å²) >= 11 is 6.30. The van der Waals surface area contributed by atoms with Crippen molar-refractivity contribution in [3.63, 3.8) is 0 Å². The first-order valence-corrected chi connectivity index (χ1v) is 10.5. The monoisotopic (exact) mass is 454 g/mol. The largest absolute Gasteiger partial charge is 0.489 e. The summed E-state index contributed by atoms with van der Waals surface area (Å²) in [7, 11) is 0. The Morgan fingerprint density at radius 3 is 2.35 bits per heavy atom. The number of carbonyl (C=O) groups excluding carboxylic acids is 1.